The summed E-state index contributed by atoms with van der Waals surface area (Å²) in [5, 5.41) is 3.06. The van der Waals surface area contributed by atoms with Crippen LogP contribution in [0, 0.1) is 0 Å². The lowest BCUT2D eigenvalue weighted by Crippen LogP contribution is -2.14. The number of amides is 1. The number of Topliss-reactive ketones (excluding diaryl/α,β-unsaturated/α-hetero) is 2. The molecule has 0 spiro atoms. The van der Waals surface area contributed by atoms with Crippen LogP contribution in [0.15, 0.2) is 48.5 Å². The molecular formula is C28H40Cl2N2O3. The first-order valence-corrected chi connectivity index (χ1v) is 13.3. The smallest absolute Gasteiger partial charge is 0.224 e. The predicted molar refractivity (Wildman–Crippen MR) is 150 cm³/mol. The average molecular weight is 524 g/mol. The molecule has 35 heavy (non-hydrogen) atoms. The van der Waals surface area contributed by atoms with E-state index in [0.29, 0.717) is 41.8 Å². The lowest BCUT2D eigenvalue weighted by atomic mass is 10.1. The maximum Gasteiger partial charge on any atom is 0.224 e. The summed E-state index contributed by atoms with van der Waals surface area (Å²) < 4.78 is 0. The van der Waals surface area contributed by atoms with Gasteiger partial charge < -0.3 is 11.1 Å². The zero-order chi connectivity index (χ0) is 26.5. The van der Waals surface area contributed by atoms with Crippen molar-refractivity contribution in [3.63, 3.8) is 0 Å². The first kappa shape index (κ1) is 32.6. The molecule has 0 saturated heterocycles. The minimum Gasteiger partial charge on any atom is -0.398 e. The van der Waals surface area contributed by atoms with Crippen molar-refractivity contribution in [2.75, 3.05) is 16.4 Å². The molecule has 7 heteroatoms. The van der Waals surface area contributed by atoms with Crippen molar-refractivity contribution in [2.45, 2.75) is 78.6 Å². The summed E-state index contributed by atoms with van der Waals surface area (Å²) >= 11 is 9.53. The fourth-order valence-electron chi connectivity index (χ4n) is 3.25. The predicted octanol–water partition coefficient (Wildman–Crippen LogP) is 8.25. The number of benzene rings is 2. The van der Waals surface area contributed by atoms with Crippen molar-refractivity contribution in [1.82, 2.24) is 0 Å². The van der Waals surface area contributed by atoms with E-state index < -0.39 is 0 Å². The molecule has 2 aromatic carbocycles. The van der Waals surface area contributed by atoms with E-state index in [9.17, 15) is 14.4 Å². The zero-order valence-corrected chi connectivity index (χ0v) is 22.8. The molecule has 2 aromatic rings. The van der Waals surface area contributed by atoms with E-state index in [2.05, 4.69) is 12.2 Å². The van der Waals surface area contributed by atoms with Crippen LogP contribution in [0.2, 0.25) is 0 Å². The van der Waals surface area contributed by atoms with E-state index in [4.69, 9.17) is 28.9 Å². The molecule has 0 atom stereocenters. The van der Waals surface area contributed by atoms with Gasteiger partial charge in [-0.3, -0.25) is 14.4 Å². The van der Waals surface area contributed by atoms with E-state index in [-0.39, 0.29) is 22.8 Å². The van der Waals surface area contributed by atoms with Crippen LogP contribution in [0.25, 0.3) is 0 Å². The summed E-state index contributed by atoms with van der Waals surface area (Å²) in [7, 11) is 0. The second kappa shape index (κ2) is 21.0. The van der Waals surface area contributed by atoms with Gasteiger partial charge in [0.15, 0.2) is 11.6 Å². The Kier molecular flexibility index (Phi) is 19.5. The number of halogens is 2. The molecule has 3 N–H and O–H groups in total. The highest BCUT2D eigenvalue weighted by molar-refractivity contribution is 6.40. The lowest BCUT2D eigenvalue weighted by molar-refractivity contribution is -0.116. The van der Waals surface area contributed by atoms with Crippen LogP contribution in [-0.4, -0.2) is 22.8 Å². The molecule has 0 fully saturated rings. The molecule has 0 aromatic heterocycles. The van der Waals surface area contributed by atoms with Crippen LogP contribution in [0.4, 0.5) is 11.4 Å². The van der Waals surface area contributed by atoms with E-state index in [1.54, 1.807) is 24.3 Å². The molecule has 0 bridgehead atoms. The Bertz CT molecular complexity index is 888. The zero-order valence-electron chi connectivity index (χ0n) is 21.2. The van der Waals surface area contributed by atoms with Crippen molar-refractivity contribution in [1.29, 1.82) is 0 Å². The lowest BCUT2D eigenvalue weighted by Gasteiger charge is -2.09. The Morgan fingerprint density at radius 1 is 0.743 bits per heavy atom. The number of para-hydroxylation sites is 2. The highest BCUT2D eigenvalue weighted by atomic mass is 35.5. The van der Waals surface area contributed by atoms with E-state index >= 15 is 0 Å². The quantitative estimate of drug-likeness (QED) is 0.127. The number of nitrogens with one attached hydrogen (secondary N) is 1. The Labute approximate surface area is 220 Å². The first-order chi connectivity index (χ1) is 16.9. The van der Waals surface area contributed by atoms with E-state index in [1.165, 1.54) is 25.7 Å². The number of carbonyl (C=O) groups excluding carboxylic acids is 3. The molecule has 0 radical (unpaired) electrons. The third-order valence-corrected chi connectivity index (χ3v) is 5.16. The summed E-state index contributed by atoms with van der Waals surface area (Å²) in [5.74, 6) is 0.162. The Morgan fingerprint density at radius 3 is 1.80 bits per heavy atom. The Balaban J connectivity index is 0.000000687. The van der Waals surface area contributed by atoms with Gasteiger partial charge in [0.05, 0.1) is 11.0 Å². The maximum absolute atomic E-state index is 11.9. The maximum atomic E-state index is 11.9. The Hall–Kier alpha value is -2.37. The van der Waals surface area contributed by atoms with Gasteiger partial charge in [0.2, 0.25) is 5.91 Å². The van der Waals surface area contributed by atoms with E-state index in [0.717, 1.165) is 12.8 Å². The molecule has 5 nitrogen and oxygen atoms in total. The molecule has 0 aliphatic rings. The normalized spacial score (nSPS) is 9.74. The topological polar surface area (TPSA) is 89.3 Å². The monoisotopic (exact) mass is 522 g/mol. The number of nitrogens with two attached hydrogens (primary N) is 1. The second-order valence-corrected chi connectivity index (χ2v) is 8.66. The summed E-state index contributed by atoms with van der Waals surface area (Å²) in [6.07, 6.45) is 8.47. The third-order valence-electron chi connectivity index (χ3n) is 5.16. The molecule has 0 saturated carbocycles. The molecule has 0 unspecified atom stereocenters. The number of nitrogen functional groups attached to an aromatic ring is 1. The van der Waals surface area contributed by atoms with Gasteiger partial charge in [-0.05, 0) is 30.7 Å². The number of carbonyl (C=O) groups is 3. The van der Waals surface area contributed by atoms with Crippen molar-refractivity contribution >= 4 is 52.1 Å². The number of rotatable bonds is 12. The minimum atomic E-state index is 0.00171. The number of hydrogen-bond donors (Lipinski definition) is 2. The molecule has 194 valence electrons. The van der Waals surface area contributed by atoms with Crippen LogP contribution in [0.3, 0.4) is 0 Å². The fraction of sp³-hybridized carbons (Fsp3) is 0.464. The molecule has 2 rings (SSSR count). The summed E-state index contributed by atoms with van der Waals surface area (Å²) in [6.45, 7) is 5.86. The molecule has 1 amide bonds. The van der Waals surface area contributed by atoms with Gasteiger partial charge in [0, 0.05) is 36.1 Å². The van der Waals surface area contributed by atoms with Crippen LogP contribution < -0.4 is 11.1 Å². The highest BCUT2D eigenvalue weighted by Gasteiger charge is 2.11. The first-order valence-electron chi connectivity index (χ1n) is 12.3. The van der Waals surface area contributed by atoms with E-state index in [1.807, 2.05) is 38.1 Å². The standard InChI is InChI=1S/C18H27NO2.C9H11NO.CH2Cl2/c1-3-5-6-7-8-9-14-18(21)19-16-13-11-10-12-15(16)17(20)4-2;1-2-9(11)7-5-3-4-6-8(7)10;2-1-3/h10-13H,3-9,14H2,1-2H3,(H,19,21);3-6H,2,10H2,1H3;1H2. The number of unbranched alkanes of at least 4 members (excludes halogenated alkanes) is 5. The number of alkyl halides is 2. The van der Waals surface area contributed by atoms with Gasteiger partial charge in [0.1, 0.15) is 0 Å². The number of anilines is 2. The van der Waals surface area contributed by atoms with Crippen LogP contribution in [0.1, 0.15) is 99.3 Å². The van der Waals surface area contributed by atoms with Crippen molar-refractivity contribution < 1.29 is 14.4 Å². The number of ketones is 2. The van der Waals surface area contributed by atoms with Gasteiger partial charge in [-0.1, -0.05) is 77.1 Å². The summed E-state index contributed by atoms with van der Waals surface area (Å²) in [5.41, 5.74) is 8.03. The van der Waals surface area contributed by atoms with Crippen molar-refractivity contribution in [2.24, 2.45) is 0 Å². The minimum absolute atomic E-state index is 0.00171. The molecule has 0 aliphatic carbocycles. The van der Waals surface area contributed by atoms with Gasteiger partial charge in [-0.25, -0.2) is 0 Å². The van der Waals surface area contributed by atoms with Gasteiger partial charge in [-0.15, -0.1) is 23.2 Å². The summed E-state index contributed by atoms with van der Waals surface area (Å²) in [4.78, 5) is 34.9. The number of hydrogen-bond acceptors (Lipinski definition) is 4. The van der Waals surface area contributed by atoms with Crippen molar-refractivity contribution in [3.05, 3.63) is 59.7 Å². The van der Waals surface area contributed by atoms with Crippen molar-refractivity contribution in [3.8, 4) is 0 Å². The van der Waals surface area contributed by atoms with Gasteiger partial charge in [0.25, 0.3) is 0 Å². The molecule has 0 heterocycles. The highest BCUT2D eigenvalue weighted by Crippen LogP contribution is 2.18. The summed E-state index contributed by atoms with van der Waals surface area (Å²) in [6, 6.07) is 14.4. The fourth-order valence-corrected chi connectivity index (χ4v) is 3.25. The van der Waals surface area contributed by atoms with Gasteiger partial charge >= 0.3 is 0 Å². The molecular weight excluding hydrogens is 483 g/mol. The van der Waals surface area contributed by atoms with Gasteiger partial charge in [-0.2, -0.15) is 0 Å². The van der Waals surface area contributed by atoms with Crippen LogP contribution in [-0.2, 0) is 4.79 Å². The van der Waals surface area contributed by atoms with Crippen LogP contribution >= 0.6 is 23.2 Å². The largest absolute Gasteiger partial charge is 0.398 e. The molecule has 0 aliphatic heterocycles. The third kappa shape index (κ3) is 14.6. The Morgan fingerprint density at radius 2 is 1.23 bits per heavy atom. The SMILES string of the molecule is CCC(=O)c1ccccc1N.CCCCCCCCC(=O)Nc1ccccc1C(=O)CC.ClCCl. The second-order valence-electron chi connectivity index (χ2n) is 7.85. The van der Waals surface area contributed by atoms with Crippen LogP contribution in [0.5, 0.6) is 0 Å². The average Bonchev–Trinajstić information content (AvgIpc) is 2.86.